The molecule has 6 heteroatoms. The lowest BCUT2D eigenvalue weighted by Crippen LogP contribution is -2.13. The van der Waals surface area contributed by atoms with Crippen LogP contribution in [0.4, 0.5) is 5.69 Å². The summed E-state index contributed by atoms with van der Waals surface area (Å²) >= 11 is 8.50. The summed E-state index contributed by atoms with van der Waals surface area (Å²) < 4.78 is 6.88. The Balaban J connectivity index is 1.66. The first-order valence-electron chi connectivity index (χ1n) is 8.24. The Morgan fingerprint density at radius 1 is 1.11 bits per heavy atom. The monoisotopic (exact) mass is 488 g/mol. The van der Waals surface area contributed by atoms with Crippen molar-refractivity contribution in [1.29, 1.82) is 0 Å². The van der Waals surface area contributed by atoms with Gasteiger partial charge in [0.05, 0.1) is 10.6 Å². The van der Waals surface area contributed by atoms with Crippen LogP contribution >= 0.6 is 34.2 Å². The van der Waals surface area contributed by atoms with Crippen LogP contribution in [-0.4, -0.2) is 10.9 Å². The van der Waals surface area contributed by atoms with E-state index in [1.807, 2.05) is 43.3 Å². The summed E-state index contributed by atoms with van der Waals surface area (Å²) in [5, 5.41) is 3.49. The number of carbonyl (C=O) groups excluding carboxylic acids is 1. The molecular formula is C21H14ClIN2O2. The number of anilines is 1. The standard InChI is InChI=1S/C21H14ClIN2O2/c1-12-4-2-3-5-15(12)20(26)24-14-7-9-19-18(11-14)25-21(27-19)16-10-13(23)6-8-17(16)22/h2-11H,1H3,(H,24,26). The topological polar surface area (TPSA) is 55.1 Å². The van der Waals surface area contributed by atoms with Crippen molar-refractivity contribution in [3.05, 3.63) is 80.4 Å². The molecule has 0 fully saturated rings. The first kappa shape index (κ1) is 18.0. The van der Waals surface area contributed by atoms with Crippen LogP contribution in [0.1, 0.15) is 15.9 Å². The van der Waals surface area contributed by atoms with Gasteiger partial charge in [-0.15, -0.1) is 0 Å². The van der Waals surface area contributed by atoms with Crippen LogP contribution in [0.25, 0.3) is 22.6 Å². The summed E-state index contributed by atoms with van der Waals surface area (Å²) in [5.74, 6) is 0.299. The lowest BCUT2D eigenvalue weighted by Gasteiger charge is -2.07. The Morgan fingerprint density at radius 2 is 1.93 bits per heavy atom. The van der Waals surface area contributed by atoms with Gasteiger partial charge in [0.1, 0.15) is 5.52 Å². The molecule has 4 nitrogen and oxygen atoms in total. The molecule has 3 aromatic carbocycles. The van der Waals surface area contributed by atoms with Crippen molar-refractivity contribution in [2.75, 3.05) is 5.32 Å². The number of benzene rings is 3. The molecule has 1 aromatic heterocycles. The van der Waals surface area contributed by atoms with Crippen molar-refractivity contribution in [3.8, 4) is 11.5 Å². The maximum Gasteiger partial charge on any atom is 0.255 e. The van der Waals surface area contributed by atoms with E-state index in [2.05, 4.69) is 32.9 Å². The molecular weight excluding hydrogens is 475 g/mol. The highest BCUT2D eigenvalue weighted by Crippen LogP contribution is 2.32. The molecule has 0 atom stereocenters. The van der Waals surface area contributed by atoms with Crippen molar-refractivity contribution < 1.29 is 9.21 Å². The second-order valence-corrected chi connectivity index (χ2v) is 7.75. The number of carbonyl (C=O) groups is 1. The SMILES string of the molecule is Cc1ccccc1C(=O)Nc1ccc2oc(-c3cc(I)ccc3Cl)nc2c1. The molecule has 134 valence electrons. The van der Waals surface area contributed by atoms with Crippen LogP contribution in [-0.2, 0) is 0 Å². The predicted molar refractivity (Wildman–Crippen MR) is 116 cm³/mol. The van der Waals surface area contributed by atoms with Gasteiger partial charge >= 0.3 is 0 Å². The molecule has 0 aliphatic carbocycles. The number of nitrogens with zero attached hydrogens (tertiary/aromatic N) is 1. The molecule has 1 heterocycles. The van der Waals surface area contributed by atoms with E-state index in [0.29, 0.717) is 33.3 Å². The van der Waals surface area contributed by atoms with Gasteiger partial charge in [0.25, 0.3) is 5.91 Å². The van der Waals surface area contributed by atoms with Gasteiger partial charge in [0, 0.05) is 14.8 Å². The van der Waals surface area contributed by atoms with Crippen LogP contribution in [0.5, 0.6) is 0 Å². The molecule has 4 rings (SSSR count). The molecule has 0 bridgehead atoms. The number of halogens is 2. The van der Waals surface area contributed by atoms with Crippen LogP contribution in [0.15, 0.2) is 65.1 Å². The summed E-state index contributed by atoms with van der Waals surface area (Å²) in [4.78, 5) is 17.0. The summed E-state index contributed by atoms with van der Waals surface area (Å²) in [7, 11) is 0. The van der Waals surface area contributed by atoms with E-state index in [4.69, 9.17) is 16.0 Å². The van der Waals surface area contributed by atoms with Gasteiger partial charge in [0.2, 0.25) is 5.89 Å². The zero-order valence-corrected chi connectivity index (χ0v) is 17.2. The van der Waals surface area contributed by atoms with Crippen molar-refractivity contribution in [2.24, 2.45) is 0 Å². The molecule has 0 spiro atoms. The fourth-order valence-electron chi connectivity index (χ4n) is 2.81. The lowest BCUT2D eigenvalue weighted by molar-refractivity contribution is 0.102. The van der Waals surface area contributed by atoms with Crippen molar-refractivity contribution >= 4 is 56.9 Å². The van der Waals surface area contributed by atoms with Gasteiger partial charge in [-0.2, -0.15) is 0 Å². The van der Waals surface area contributed by atoms with E-state index in [1.165, 1.54) is 0 Å². The predicted octanol–water partition coefficient (Wildman–Crippen LogP) is 6.31. The third kappa shape index (κ3) is 3.70. The zero-order chi connectivity index (χ0) is 19.0. The van der Waals surface area contributed by atoms with E-state index < -0.39 is 0 Å². The largest absolute Gasteiger partial charge is 0.436 e. The first-order valence-corrected chi connectivity index (χ1v) is 9.70. The highest BCUT2D eigenvalue weighted by molar-refractivity contribution is 14.1. The molecule has 4 aromatic rings. The molecule has 1 N–H and O–H groups in total. The number of aromatic nitrogens is 1. The highest BCUT2D eigenvalue weighted by atomic mass is 127. The molecule has 1 amide bonds. The summed E-state index contributed by atoms with van der Waals surface area (Å²) in [6.07, 6.45) is 0. The minimum absolute atomic E-state index is 0.156. The van der Waals surface area contributed by atoms with Crippen LogP contribution in [0, 0.1) is 10.5 Å². The number of hydrogen-bond donors (Lipinski definition) is 1. The van der Waals surface area contributed by atoms with E-state index in [1.54, 1.807) is 24.3 Å². The Kier molecular flexibility index (Phi) is 4.88. The van der Waals surface area contributed by atoms with E-state index >= 15 is 0 Å². The first-order chi connectivity index (χ1) is 13.0. The third-order valence-electron chi connectivity index (χ3n) is 4.19. The molecule has 27 heavy (non-hydrogen) atoms. The number of oxazole rings is 1. The number of nitrogens with one attached hydrogen (secondary N) is 1. The van der Waals surface area contributed by atoms with Crippen molar-refractivity contribution in [3.63, 3.8) is 0 Å². The van der Waals surface area contributed by atoms with E-state index in [9.17, 15) is 4.79 Å². The van der Waals surface area contributed by atoms with E-state index in [0.717, 1.165) is 14.7 Å². The Labute approximate surface area is 174 Å². The van der Waals surface area contributed by atoms with Crippen LogP contribution < -0.4 is 5.32 Å². The minimum atomic E-state index is -0.156. The zero-order valence-electron chi connectivity index (χ0n) is 14.3. The maximum atomic E-state index is 12.5. The van der Waals surface area contributed by atoms with Gasteiger partial charge in [-0.25, -0.2) is 4.98 Å². The van der Waals surface area contributed by atoms with Gasteiger partial charge in [-0.3, -0.25) is 4.79 Å². The maximum absolute atomic E-state index is 12.5. The fourth-order valence-corrected chi connectivity index (χ4v) is 3.50. The highest BCUT2D eigenvalue weighted by Gasteiger charge is 2.14. The average Bonchev–Trinajstić information content (AvgIpc) is 3.07. The number of aryl methyl sites for hydroxylation is 1. The summed E-state index contributed by atoms with van der Waals surface area (Å²) in [6, 6.07) is 18.5. The second kappa shape index (κ2) is 7.32. The lowest BCUT2D eigenvalue weighted by atomic mass is 10.1. The Bertz CT molecular complexity index is 1170. The molecule has 0 radical (unpaired) electrons. The molecule has 0 unspecified atom stereocenters. The van der Waals surface area contributed by atoms with Crippen LogP contribution in [0.3, 0.4) is 0 Å². The fraction of sp³-hybridized carbons (Fsp3) is 0.0476. The van der Waals surface area contributed by atoms with Gasteiger partial charge in [0.15, 0.2) is 5.58 Å². The molecule has 0 aliphatic rings. The molecule has 0 aliphatic heterocycles. The normalized spacial score (nSPS) is 10.9. The van der Waals surface area contributed by atoms with Crippen LogP contribution in [0.2, 0.25) is 5.02 Å². The summed E-state index contributed by atoms with van der Waals surface area (Å²) in [5.41, 5.74) is 4.25. The van der Waals surface area contributed by atoms with Gasteiger partial charge in [-0.05, 0) is 77.5 Å². The number of amides is 1. The molecule has 0 saturated carbocycles. The number of hydrogen-bond acceptors (Lipinski definition) is 3. The van der Waals surface area contributed by atoms with Crippen molar-refractivity contribution in [1.82, 2.24) is 4.98 Å². The Morgan fingerprint density at radius 3 is 2.74 bits per heavy atom. The van der Waals surface area contributed by atoms with Gasteiger partial charge < -0.3 is 9.73 Å². The minimum Gasteiger partial charge on any atom is -0.436 e. The molecule has 0 saturated heterocycles. The van der Waals surface area contributed by atoms with Crippen molar-refractivity contribution in [2.45, 2.75) is 6.92 Å². The number of fused-ring (bicyclic) bond motifs is 1. The summed E-state index contributed by atoms with van der Waals surface area (Å²) in [6.45, 7) is 1.91. The second-order valence-electron chi connectivity index (χ2n) is 6.09. The third-order valence-corrected chi connectivity index (χ3v) is 5.19. The smallest absolute Gasteiger partial charge is 0.255 e. The Hall–Kier alpha value is -2.38. The van der Waals surface area contributed by atoms with Gasteiger partial charge in [-0.1, -0.05) is 29.8 Å². The quantitative estimate of drug-likeness (QED) is 0.344. The number of rotatable bonds is 3. The van der Waals surface area contributed by atoms with E-state index in [-0.39, 0.29) is 5.91 Å². The average molecular weight is 489 g/mol.